The predicted octanol–water partition coefficient (Wildman–Crippen LogP) is 6.74. The van der Waals surface area contributed by atoms with Gasteiger partial charge in [0.25, 0.3) is 5.91 Å². The van der Waals surface area contributed by atoms with Crippen LogP contribution in [0.5, 0.6) is 5.75 Å². The SMILES string of the molecule is CCCCCCCCCCCCOC(=O)CC1C(=O)NCCN1C(=S)NC(=O)c1ccc(OCCc2ccccc2)c(Br)c1. The number of piperazine rings is 1. The number of esters is 1. The van der Waals surface area contributed by atoms with Gasteiger partial charge in [0.2, 0.25) is 5.91 Å². The van der Waals surface area contributed by atoms with Crippen LogP contribution in [-0.4, -0.2) is 60.1 Å². The van der Waals surface area contributed by atoms with E-state index in [1.54, 1.807) is 23.1 Å². The van der Waals surface area contributed by atoms with E-state index in [4.69, 9.17) is 21.7 Å². The Labute approximate surface area is 275 Å². The van der Waals surface area contributed by atoms with Gasteiger partial charge in [-0.2, -0.15) is 0 Å². The molecule has 1 atom stereocenters. The summed E-state index contributed by atoms with van der Waals surface area (Å²) in [5.74, 6) is -0.554. The second kappa shape index (κ2) is 20.1. The van der Waals surface area contributed by atoms with Crippen molar-refractivity contribution in [3.63, 3.8) is 0 Å². The molecule has 1 aliphatic rings. The maximum absolute atomic E-state index is 13.0. The molecule has 3 rings (SSSR count). The number of nitrogens with zero attached hydrogens (tertiary/aromatic N) is 1. The van der Waals surface area contributed by atoms with E-state index in [2.05, 4.69) is 33.5 Å². The number of hydrogen-bond acceptors (Lipinski definition) is 6. The van der Waals surface area contributed by atoms with Gasteiger partial charge in [0.15, 0.2) is 5.11 Å². The van der Waals surface area contributed by atoms with E-state index in [1.807, 2.05) is 30.3 Å². The van der Waals surface area contributed by atoms with Crippen molar-refractivity contribution in [3.05, 3.63) is 64.1 Å². The van der Waals surface area contributed by atoms with Crippen molar-refractivity contribution in [2.24, 2.45) is 0 Å². The summed E-state index contributed by atoms with van der Waals surface area (Å²) >= 11 is 9.00. The van der Waals surface area contributed by atoms with Gasteiger partial charge in [-0.3, -0.25) is 19.7 Å². The molecule has 1 unspecified atom stereocenters. The molecule has 0 radical (unpaired) electrons. The smallest absolute Gasteiger partial charge is 0.308 e. The topological polar surface area (TPSA) is 97.0 Å². The lowest BCUT2D eigenvalue weighted by atomic mass is 10.1. The van der Waals surface area contributed by atoms with E-state index in [-0.39, 0.29) is 17.4 Å². The van der Waals surface area contributed by atoms with Crippen molar-refractivity contribution >= 4 is 51.0 Å². The molecule has 0 saturated carbocycles. The maximum atomic E-state index is 13.0. The second-order valence-electron chi connectivity index (χ2n) is 11.1. The van der Waals surface area contributed by atoms with Crippen LogP contribution in [0.3, 0.4) is 0 Å². The standard InChI is InChI=1S/C34H46BrN3O5S/c1-2-3-4-5-6-7-8-9-10-14-22-43-31(39)25-29-33(41)36-20-21-38(29)34(44)37-32(40)27-17-18-30(28(35)24-27)42-23-19-26-15-12-11-13-16-26/h11-13,15-18,24,29H,2-10,14,19-23,25H2,1H3,(H,36,41)(H,37,40,44). The van der Waals surface area contributed by atoms with Crippen LogP contribution in [0.15, 0.2) is 53.0 Å². The van der Waals surface area contributed by atoms with Gasteiger partial charge in [0.05, 0.1) is 24.1 Å². The number of nitrogens with one attached hydrogen (secondary N) is 2. The number of ether oxygens (including phenoxy) is 2. The lowest BCUT2D eigenvalue weighted by Gasteiger charge is -2.36. The largest absolute Gasteiger partial charge is 0.492 e. The molecule has 0 aliphatic carbocycles. The number of amides is 2. The Bertz CT molecular complexity index is 1210. The van der Waals surface area contributed by atoms with E-state index >= 15 is 0 Å². The van der Waals surface area contributed by atoms with Gasteiger partial charge in [0, 0.05) is 25.1 Å². The van der Waals surface area contributed by atoms with E-state index in [1.165, 1.54) is 50.5 Å². The summed E-state index contributed by atoms with van der Waals surface area (Å²) in [5, 5.41) is 5.59. The van der Waals surface area contributed by atoms with Gasteiger partial charge in [-0.05, 0) is 58.3 Å². The molecule has 2 aromatic carbocycles. The number of carbonyl (C=O) groups excluding carboxylic acids is 3. The summed E-state index contributed by atoms with van der Waals surface area (Å²) in [5.41, 5.74) is 1.56. The Hall–Kier alpha value is -2.98. The highest BCUT2D eigenvalue weighted by Gasteiger charge is 2.34. The first kappa shape index (κ1) is 35.5. The minimum atomic E-state index is -0.844. The molecule has 240 valence electrons. The molecule has 2 N–H and O–H groups in total. The van der Waals surface area contributed by atoms with Crippen LogP contribution in [0.4, 0.5) is 0 Å². The zero-order valence-electron chi connectivity index (χ0n) is 25.8. The summed E-state index contributed by atoms with van der Waals surface area (Å²) in [4.78, 5) is 39.9. The minimum Gasteiger partial charge on any atom is -0.492 e. The summed E-state index contributed by atoms with van der Waals surface area (Å²) in [6, 6.07) is 14.3. The van der Waals surface area contributed by atoms with Crippen molar-refractivity contribution in [2.45, 2.75) is 90.0 Å². The molecule has 2 aromatic rings. The lowest BCUT2D eigenvalue weighted by molar-refractivity contribution is -0.147. The summed E-state index contributed by atoms with van der Waals surface area (Å²) in [6.07, 6.45) is 12.6. The first-order chi connectivity index (χ1) is 21.4. The third-order valence-electron chi connectivity index (χ3n) is 7.62. The molecule has 10 heteroatoms. The first-order valence-corrected chi connectivity index (χ1v) is 17.1. The van der Waals surface area contributed by atoms with Crippen LogP contribution in [0.2, 0.25) is 0 Å². The van der Waals surface area contributed by atoms with Crippen LogP contribution in [0.1, 0.15) is 93.5 Å². The van der Waals surface area contributed by atoms with E-state index in [0.29, 0.717) is 42.1 Å². The monoisotopic (exact) mass is 687 g/mol. The number of rotatable bonds is 18. The third kappa shape index (κ3) is 12.6. The quantitative estimate of drug-likeness (QED) is 0.102. The highest BCUT2D eigenvalue weighted by molar-refractivity contribution is 9.10. The van der Waals surface area contributed by atoms with Crippen molar-refractivity contribution in [2.75, 3.05) is 26.3 Å². The predicted molar refractivity (Wildman–Crippen MR) is 181 cm³/mol. The van der Waals surface area contributed by atoms with Gasteiger partial charge in [-0.1, -0.05) is 95.0 Å². The number of benzene rings is 2. The number of hydrogen-bond donors (Lipinski definition) is 2. The highest BCUT2D eigenvalue weighted by atomic mass is 79.9. The van der Waals surface area contributed by atoms with E-state index in [0.717, 1.165) is 25.7 Å². The average Bonchev–Trinajstić information content (AvgIpc) is 3.02. The van der Waals surface area contributed by atoms with E-state index in [9.17, 15) is 14.4 Å². The molecule has 8 nitrogen and oxygen atoms in total. The van der Waals surface area contributed by atoms with Gasteiger partial charge >= 0.3 is 5.97 Å². The van der Waals surface area contributed by atoms with Crippen molar-refractivity contribution in [1.29, 1.82) is 0 Å². The number of carbonyl (C=O) groups is 3. The van der Waals surface area contributed by atoms with Gasteiger partial charge in [0.1, 0.15) is 11.8 Å². The van der Waals surface area contributed by atoms with Crippen LogP contribution < -0.4 is 15.4 Å². The first-order valence-electron chi connectivity index (χ1n) is 15.9. The molecule has 44 heavy (non-hydrogen) atoms. The number of halogens is 1. The Kier molecular flexibility index (Phi) is 16.2. The fourth-order valence-corrected chi connectivity index (χ4v) is 5.88. The van der Waals surface area contributed by atoms with Gasteiger partial charge in [-0.25, -0.2) is 0 Å². The zero-order valence-corrected chi connectivity index (χ0v) is 28.2. The molecule has 1 heterocycles. The lowest BCUT2D eigenvalue weighted by Crippen LogP contribution is -2.60. The summed E-state index contributed by atoms with van der Waals surface area (Å²) < 4.78 is 12.0. The maximum Gasteiger partial charge on any atom is 0.308 e. The molecule has 0 aromatic heterocycles. The molecular formula is C34H46BrN3O5S. The van der Waals surface area contributed by atoms with Crippen molar-refractivity contribution < 1.29 is 23.9 Å². The van der Waals surface area contributed by atoms with E-state index < -0.39 is 17.9 Å². The molecule has 0 bridgehead atoms. The Morgan fingerprint density at radius 1 is 0.977 bits per heavy atom. The number of thiocarbonyl (C=S) groups is 1. The summed E-state index contributed by atoms with van der Waals surface area (Å²) in [7, 11) is 0. The zero-order chi connectivity index (χ0) is 31.6. The molecule has 1 saturated heterocycles. The molecular weight excluding hydrogens is 642 g/mol. The highest BCUT2D eigenvalue weighted by Crippen LogP contribution is 2.26. The van der Waals surface area contributed by atoms with Crippen LogP contribution >= 0.6 is 28.1 Å². The minimum absolute atomic E-state index is 0.0941. The van der Waals surface area contributed by atoms with Crippen molar-refractivity contribution in [3.8, 4) is 5.75 Å². The van der Waals surface area contributed by atoms with Crippen LogP contribution in [0, 0.1) is 0 Å². The van der Waals surface area contributed by atoms with Gasteiger partial charge in [-0.15, -0.1) is 0 Å². The Morgan fingerprint density at radius 3 is 2.34 bits per heavy atom. The van der Waals surface area contributed by atoms with Gasteiger partial charge < -0.3 is 19.7 Å². The van der Waals surface area contributed by atoms with Crippen LogP contribution in [-0.2, 0) is 20.7 Å². The fraction of sp³-hybridized carbons (Fsp3) is 0.529. The molecule has 2 amide bonds. The fourth-order valence-electron chi connectivity index (χ4n) is 5.08. The number of unbranched alkanes of at least 4 members (excludes halogenated alkanes) is 9. The Balaban J connectivity index is 1.40. The Morgan fingerprint density at radius 2 is 1.66 bits per heavy atom. The normalized spacial score (nSPS) is 14.5. The average molecular weight is 689 g/mol. The molecule has 1 fully saturated rings. The second-order valence-corrected chi connectivity index (χ2v) is 12.3. The van der Waals surface area contributed by atoms with Crippen LogP contribution in [0.25, 0.3) is 0 Å². The molecule has 1 aliphatic heterocycles. The molecule has 0 spiro atoms. The third-order valence-corrected chi connectivity index (χ3v) is 8.57. The van der Waals surface area contributed by atoms with Crippen molar-refractivity contribution in [1.82, 2.24) is 15.5 Å². The summed E-state index contributed by atoms with van der Waals surface area (Å²) in [6.45, 7) is 3.80.